The van der Waals surface area contributed by atoms with E-state index in [4.69, 9.17) is 4.74 Å². The van der Waals surface area contributed by atoms with Crippen molar-refractivity contribution in [3.05, 3.63) is 24.3 Å². The highest BCUT2D eigenvalue weighted by Gasteiger charge is 2.49. The molecule has 0 spiro atoms. The summed E-state index contributed by atoms with van der Waals surface area (Å²) in [5.41, 5.74) is 0. The molecule has 1 rings (SSSR count). The molecule has 10 nitrogen and oxygen atoms in total. The zero-order chi connectivity index (χ0) is 39.8. The Morgan fingerprint density at radius 2 is 1.02 bits per heavy atom. The van der Waals surface area contributed by atoms with Gasteiger partial charge in [-0.1, -0.05) is 167 Å². The van der Waals surface area contributed by atoms with E-state index in [1.165, 1.54) is 109 Å². The van der Waals surface area contributed by atoms with E-state index in [0.717, 1.165) is 51.4 Å². The maximum absolute atomic E-state index is 13.1. The Morgan fingerprint density at radius 3 is 1.50 bits per heavy atom. The maximum atomic E-state index is 13.1. The average Bonchev–Trinajstić information content (AvgIpc) is 3.17. The Balaban J connectivity index is 2.52. The molecule has 5 unspecified atom stereocenters. The number of allylic oxidation sites excluding steroid dienone is 3. The zero-order valence-electron chi connectivity index (χ0n) is 34.3. The Kier molecular flexibility index (Phi) is 31.6. The molecule has 1 amide bonds. The number of nitrogens with one attached hydrogen (secondary N) is 1. The highest BCUT2D eigenvalue weighted by Crippen LogP contribution is 2.26. The lowest BCUT2D eigenvalue weighted by molar-refractivity contribution is -0.253. The largest absolute Gasteiger partial charge is 0.394 e. The van der Waals surface area contributed by atoms with Crippen molar-refractivity contribution < 1.29 is 45.3 Å². The van der Waals surface area contributed by atoms with Gasteiger partial charge < -0.3 is 45.8 Å². The number of rotatable bonds is 35. The van der Waals surface area contributed by atoms with Gasteiger partial charge in [-0.3, -0.25) is 4.79 Å². The van der Waals surface area contributed by atoms with Crippen LogP contribution in [0.4, 0.5) is 0 Å². The van der Waals surface area contributed by atoms with E-state index in [-0.39, 0.29) is 6.42 Å². The molecular weight excluding hydrogens is 686 g/mol. The van der Waals surface area contributed by atoms with Crippen LogP contribution in [0.15, 0.2) is 24.3 Å². The molecule has 1 aliphatic rings. The molecule has 1 heterocycles. The number of hydrogen-bond donors (Lipinski definition) is 8. The summed E-state index contributed by atoms with van der Waals surface area (Å²) in [6.07, 6.45) is 26.0. The van der Waals surface area contributed by atoms with Crippen LogP contribution in [0.5, 0.6) is 0 Å². The summed E-state index contributed by atoms with van der Waals surface area (Å²) >= 11 is 0. The fourth-order valence-electron chi connectivity index (χ4n) is 7.25. The van der Waals surface area contributed by atoms with Crippen molar-refractivity contribution in [1.29, 1.82) is 0 Å². The lowest BCUT2D eigenvalue weighted by atomic mass is 9.88. The van der Waals surface area contributed by atoms with E-state index in [1.807, 2.05) is 0 Å². The number of ether oxygens (including phenoxy) is 1. The van der Waals surface area contributed by atoms with Crippen LogP contribution in [0, 0.1) is 0 Å². The molecule has 9 atom stereocenters. The standard InChI is InChI=1S/C44H83NO9/c1-3-5-7-9-11-13-15-17-18-19-21-23-25-27-29-31-33-36(48)44(53)45-38(40(50)43-42(52)41(51)39(49)37(34-46)54-43)35(47)32-30-28-26-24-22-20-16-14-12-10-8-6-4-2/h14,16,30,32,35-43,46-52H,3-13,15,17-29,31,33-34H2,1-2H3,(H,45,53)/t35?,36?,37-,38?,39-,40?,41+,42-,43?/m1/s1. The molecule has 0 aliphatic carbocycles. The molecule has 0 aromatic rings. The fraction of sp³-hybridized carbons (Fsp3) is 0.886. The van der Waals surface area contributed by atoms with Crippen LogP contribution >= 0.6 is 0 Å². The van der Waals surface area contributed by atoms with Crippen LogP contribution in [0.1, 0.15) is 187 Å². The summed E-state index contributed by atoms with van der Waals surface area (Å²) in [5, 5.41) is 76.4. The van der Waals surface area contributed by atoms with E-state index in [2.05, 4.69) is 31.3 Å². The Labute approximate surface area is 328 Å². The summed E-state index contributed by atoms with van der Waals surface area (Å²) < 4.78 is 5.54. The average molecular weight is 770 g/mol. The fourth-order valence-corrected chi connectivity index (χ4v) is 7.25. The van der Waals surface area contributed by atoms with E-state index in [9.17, 15) is 40.5 Å². The molecule has 0 bridgehead atoms. The third-order valence-electron chi connectivity index (χ3n) is 10.9. The van der Waals surface area contributed by atoms with Crippen molar-refractivity contribution >= 4 is 5.91 Å². The Bertz CT molecular complexity index is 932. The van der Waals surface area contributed by atoms with Crippen molar-refractivity contribution in [1.82, 2.24) is 5.32 Å². The van der Waals surface area contributed by atoms with Gasteiger partial charge >= 0.3 is 0 Å². The topological polar surface area (TPSA) is 180 Å². The summed E-state index contributed by atoms with van der Waals surface area (Å²) in [5.74, 6) is -0.768. The third kappa shape index (κ3) is 23.0. The van der Waals surface area contributed by atoms with Gasteiger partial charge in [-0.05, 0) is 44.9 Å². The second-order valence-electron chi connectivity index (χ2n) is 15.8. The lowest BCUT2D eigenvalue weighted by Gasteiger charge is -2.44. The van der Waals surface area contributed by atoms with Gasteiger partial charge in [-0.25, -0.2) is 0 Å². The van der Waals surface area contributed by atoms with Crippen molar-refractivity contribution in [2.75, 3.05) is 6.61 Å². The minimum absolute atomic E-state index is 0.229. The summed E-state index contributed by atoms with van der Waals surface area (Å²) in [6, 6.07) is -1.40. The van der Waals surface area contributed by atoms with E-state index >= 15 is 0 Å². The SMILES string of the molecule is CCCCCCC=CCCCCCC=CC(O)C(NC(=O)C(O)CCCCCCCCCCCCCCCCCC)C(O)C1O[C@H](CO)[C@@H](O)[C@H](O)[C@H]1O. The van der Waals surface area contributed by atoms with Crippen LogP contribution in [-0.2, 0) is 9.53 Å². The number of carbonyl (C=O) groups is 1. The van der Waals surface area contributed by atoms with Gasteiger partial charge in [0.25, 0.3) is 0 Å². The predicted molar refractivity (Wildman–Crippen MR) is 218 cm³/mol. The van der Waals surface area contributed by atoms with Gasteiger partial charge in [0.15, 0.2) is 0 Å². The number of aliphatic hydroxyl groups excluding tert-OH is 7. The van der Waals surface area contributed by atoms with Gasteiger partial charge in [0.1, 0.15) is 42.7 Å². The molecule has 0 aromatic carbocycles. The van der Waals surface area contributed by atoms with Gasteiger partial charge in [-0.2, -0.15) is 0 Å². The van der Waals surface area contributed by atoms with Crippen LogP contribution in [-0.4, -0.2) is 103 Å². The molecule has 10 heteroatoms. The normalized spacial score (nSPS) is 22.9. The van der Waals surface area contributed by atoms with Gasteiger partial charge in [0.2, 0.25) is 5.91 Å². The highest BCUT2D eigenvalue weighted by molar-refractivity contribution is 5.80. The molecular formula is C44H83NO9. The van der Waals surface area contributed by atoms with Crippen molar-refractivity contribution in [2.45, 2.75) is 242 Å². The second kappa shape index (κ2) is 33.7. The molecule has 1 aliphatic heterocycles. The number of aliphatic hydroxyl groups is 7. The highest BCUT2D eigenvalue weighted by atomic mass is 16.6. The quantitative estimate of drug-likeness (QED) is 0.0247. The molecule has 318 valence electrons. The van der Waals surface area contributed by atoms with Crippen LogP contribution in [0.2, 0.25) is 0 Å². The van der Waals surface area contributed by atoms with E-state index in [1.54, 1.807) is 6.08 Å². The molecule has 0 radical (unpaired) electrons. The number of unbranched alkanes of at least 4 members (excludes halogenated alkanes) is 23. The second-order valence-corrected chi connectivity index (χ2v) is 15.8. The number of carbonyl (C=O) groups excluding carboxylic acids is 1. The first kappa shape index (κ1) is 50.6. The minimum Gasteiger partial charge on any atom is -0.394 e. The lowest BCUT2D eigenvalue weighted by Crippen LogP contribution is -2.66. The summed E-state index contributed by atoms with van der Waals surface area (Å²) in [7, 11) is 0. The van der Waals surface area contributed by atoms with Gasteiger partial charge in [0, 0.05) is 0 Å². The van der Waals surface area contributed by atoms with Gasteiger partial charge in [-0.15, -0.1) is 0 Å². The number of amides is 1. The van der Waals surface area contributed by atoms with Crippen molar-refractivity contribution in [3.8, 4) is 0 Å². The molecule has 1 saturated heterocycles. The van der Waals surface area contributed by atoms with Crippen molar-refractivity contribution in [3.63, 3.8) is 0 Å². The van der Waals surface area contributed by atoms with Gasteiger partial charge in [0.05, 0.1) is 18.8 Å². The van der Waals surface area contributed by atoms with E-state index in [0.29, 0.717) is 12.8 Å². The first-order valence-corrected chi connectivity index (χ1v) is 22.2. The molecule has 54 heavy (non-hydrogen) atoms. The van der Waals surface area contributed by atoms with E-state index < -0.39 is 67.4 Å². The summed E-state index contributed by atoms with van der Waals surface area (Å²) in [6.45, 7) is 3.79. The molecule has 8 N–H and O–H groups in total. The Hall–Kier alpha value is -1.37. The zero-order valence-corrected chi connectivity index (χ0v) is 34.3. The van der Waals surface area contributed by atoms with Crippen LogP contribution in [0.3, 0.4) is 0 Å². The molecule has 0 saturated carbocycles. The maximum Gasteiger partial charge on any atom is 0.249 e. The third-order valence-corrected chi connectivity index (χ3v) is 10.9. The first-order valence-electron chi connectivity index (χ1n) is 22.2. The predicted octanol–water partition coefficient (Wildman–Crippen LogP) is 7.08. The molecule has 0 aromatic heterocycles. The monoisotopic (exact) mass is 770 g/mol. The minimum atomic E-state index is -1.76. The van der Waals surface area contributed by atoms with Crippen LogP contribution < -0.4 is 5.32 Å². The van der Waals surface area contributed by atoms with Crippen LogP contribution in [0.25, 0.3) is 0 Å². The smallest absolute Gasteiger partial charge is 0.249 e. The molecule has 1 fully saturated rings. The summed E-state index contributed by atoms with van der Waals surface area (Å²) in [4.78, 5) is 13.1. The van der Waals surface area contributed by atoms with Crippen molar-refractivity contribution in [2.24, 2.45) is 0 Å². The first-order chi connectivity index (χ1) is 26.2. The number of hydrogen-bond acceptors (Lipinski definition) is 9. The Morgan fingerprint density at radius 1 is 0.593 bits per heavy atom.